The van der Waals surface area contributed by atoms with Crippen molar-refractivity contribution >= 4 is 18.9 Å². The average Bonchev–Trinajstić information content (AvgIpc) is 2.28. The summed E-state index contributed by atoms with van der Waals surface area (Å²) in [5, 5.41) is 0. The van der Waals surface area contributed by atoms with Gasteiger partial charge in [-0.25, -0.2) is 4.74 Å². The minimum Gasteiger partial charge on any atom is -0.377 e. The molecule has 0 aliphatic heterocycles. The maximum absolute atomic E-state index is 5.72. The van der Waals surface area contributed by atoms with Gasteiger partial charge in [0.2, 0.25) is 0 Å². The van der Waals surface area contributed by atoms with Crippen molar-refractivity contribution in [1.29, 1.82) is 0 Å². The molecule has 0 amide bonds. The minimum absolute atomic E-state index is 0.834. The first-order chi connectivity index (χ1) is 7.83. The summed E-state index contributed by atoms with van der Waals surface area (Å²) in [5.41, 5.74) is 4.47. The van der Waals surface area contributed by atoms with Crippen LogP contribution in [-0.2, 0) is 6.54 Å². The van der Waals surface area contributed by atoms with Gasteiger partial charge in [-0.15, -0.1) is 5.47 Å². The highest BCUT2D eigenvalue weighted by atomic mass is 16.5. The number of benzene rings is 1. The van der Waals surface area contributed by atoms with Crippen LogP contribution in [0.15, 0.2) is 52.0 Å². The molecule has 2 nitrogen and oxygen atoms in total. The lowest BCUT2D eigenvalue weighted by Crippen LogP contribution is -2.08. The molecule has 1 aromatic carbocycles. The number of hydrogen-bond acceptors (Lipinski definition) is 1. The molecule has 3 heteroatoms. The third-order valence-electron chi connectivity index (χ3n) is 2.96. The molecule has 0 atom stereocenters. The van der Waals surface area contributed by atoms with E-state index >= 15 is 0 Å². The Kier molecular flexibility index (Phi) is 2.24. The van der Waals surface area contributed by atoms with Crippen molar-refractivity contribution in [2.24, 2.45) is 0 Å². The second-order valence-electron chi connectivity index (χ2n) is 4.16. The van der Waals surface area contributed by atoms with Crippen LogP contribution >= 0.6 is 0 Å². The largest absolute Gasteiger partial charge is 0.377 e. The minimum atomic E-state index is 0.834. The first-order valence-corrected chi connectivity index (χ1v) is 5.51. The molecule has 0 bridgehead atoms. The number of allylic oxidation sites excluding steroid dienone is 4. The molecular formula is C13H12BNO. The molecule has 0 fully saturated rings. The molecule has 1 aliphatic carbocycles. The topological polar surface area (TPSA) is 18.1 Å². The van der Waals surface area contributed by atoms with Gasteiger partial charge in [-0.3, -0.25) is 0 Å². The van der Waals surface area contributed by atoms with Gasteiger partial charge in [0, 0.05) is 0 Å². The first-order valence-electron chi connectivity index (χ1n) is 5.51. The van der Waals surface area contributed by atoms with Gasteiger partial charge in [0.05, 0.1) is 6.54 Å². The van der Waals surface area contributed by atoms with Crippen LogP contribution in [0.2, 0.25) is 0 Å². The number of para-hydroxylation sites is 2. The predicted octanol–water partition coefficient (Wildman–Crippen LogP) is 3.01. The van der Waals surface area contributed by atoms with Gasteiger partial charge in [0.1, 0.15) is 13.4 Å². The Bertz CT molecular complexity index is 574. The molecule has 1 aliphatic rings. The summed E-state index contributed by atoms with van der Waals surface area (Å²) in [6, 6.07) is 8.08. The van der Waals surface area contributed by atoms with Crippen LogP contribution in [0.5, 0.6) is 0 Å². The average molecular weight is 209 g/mol. The van der Waals surface area contributed by atoms with Gasteiger partial charge >= 0.3 is 0 Å². The van der Waals surface area contributed by atoms with Crippen molar-refractivity contribution < 1.29 is 4.52 Å². The smallest absolute Gasteiger partial charge is 0.181 e. The van der Waals surface area contributed by atoms with Crippen molar-refractivity contribution in [3.63, 3.8) is 0 Å². The molecule has 2 aromatic rings. The maximum atomic E-state index is 5.72. The molecule has 0 saturated carbocycles. The molecular weight excluding hydrogens is 197 g/mol. The Balaban J connectivity index is 1.82. The fourth-order valence-corrected chi connectivity index (χ4v) is 2.00. The van der Waals surface area contributed by atoms with Crippen LogP contribution in [-0.4, -0.2) is 12.6 Å². The Morgan fingerprint density at radius 3 is 2.81 bits per heavy atom. The second kappa shape index (κ2) is 3.74. The Morgan fingerprint density at radius 1 is 1.19 bits per heavy atom. The van der Waals surface area contributed by atoms with Crippen molar-refractivity contribution in [3.8, 4) is 0 Å². The highest BCUT2D eigenvalue weighted by Gasteiger charge is 2.10. The molecule has 3 rings (SSSR count). The summed E-state index contributed by atoms with van der Waals surface area (Å²) in [4.78, 5) is 0. The van der Waals surface area contributed by atoms with Gasteiger partial charge < -0.3 is 4.52 Å². The van der Waals surface area contributed by atoms with E-state index in [1.807, 2.05) is 29.0 Å². The van der Waals surface area contributed by atoms with E-state index in [4.69, 9.17) is 12.4 Å². The SMILES string of the molecule is [B]C1=CC=C(Cn2oc3ccccc32)CC1. The van der Waals surface area contributed by atoms with E-state index < -0.39 is 0 Å². The normalized spacial score (nSPS) is 16.2. The molecule has 1 aromatic heterocycles. The molecule has 16 heavy (non-hydrogen) atoms. The van der Waals surface area contributed by atoms with Gasteiger partial charge in [-0.05, 0) is 30.5 Å². The quantitative estimate of drug-likeness (QED) is 0.695. The van der Waals surface area contributed by atoms with E-state index in [9.17, 15) is 0 Å². The van der Waals surface area contributed by atoms with Crippen molar-refractivity contribution in [1.82, 2.24) is 4.74 Å². The van der Waals surface area contributed by atoms with Crippen molar-refractivity contribution in [2.75, 3.05) is 0 Å². The van der Waals surface area contributed by atoms with Crippen LogP contribution in [0, 0.1) is 0 Å². The van der Waals surface area contributed by atoms with E-state index in [0.717, 1.165) is 30.4 Å². The summed E-state index contributed by atoms with van der Waals surface area (Å²) in [6.45, 7) is 0.834. The van der Waals surface area contributed by atoms with Gasteiger partial charge in [0.25, 0.3) is 0 Å². The lowest BCUT2D eigenvalue weighted by Gasteiger charge is -2.17. The monoisotopic (exact) mass is 209 g/mol. The Hall–Kier alpha value is -1.64. The van der Waals surface area contributed by atoms with Crippen LogP contribution < -0.4 is 0 Å². The fraction of sp³-hybridized carbons (Fsp3) is 0.231. The number of nitrogens with zero attached hydrogens (tertiary/aromatic N) is 1. The van der Waals surface area contributed by atoms with E-state index in [1.54, 1.807) is 0 Å². The first kappa shape index (κ1) is 9.58. The van der Waals surface area contributed by atoms with Crippen molar-refractivity contribution in [2.45, 2.75) is 19.4 Å². The fourth-order valence-electron chi connectivity index (χ4n) is 2.00. The Labute approximate surface area is 95.6 Å². The highest BCUT2D eigenvalue weighted by Crippen LogP contribution is 2.23. The second-order valence-corrected chi connectivity index (χ2v) is 4.16. The Morgan fingerprint density at radius 2 is 2.06 bits per heavy atom. The molecule has 78 valence electrons. The van der Waals surface area contributed by atoms with E-state index in [2.05, 4.69) is 12.1 Å². The zero-order valence-corrected chi connectivity index (χ0v) is 9.02. The summed E-state index contributed by atoms with van der Waals surface area (Å²) >= 11 is 0. The number of rotatable bonds is 2. The van der Waals surface area contributed by atoms with E-state index in [0.29, 0.717) is 0 Å². The standard InChI is InChI=1S/C13H12BNO/c14-11-7-5-10(6-8-11)9-15-12-3-1-2-4-13(12)16-15/h1-5,7H,6,8-9H2. The zero-order chi connectivity index (χ0) is 11.0. The molecule has 0 spiro atoms. The number of aromatic nitrogens is 1. The molecule has 0 saturated heterocycles. The van der Waals surface area contributed by atoms with Gasteiger partial charge in [-0.1, -0.05) is 24.3 Å². The summed E-state index contributed by atoms with van der Waals surface area (Å²) < 4.78 is 7.48. The number of hydrogen-bond donors (Lipinski definition) is 0. The highest BCUT2D eigenvalue weighted by molar-refractivity contribution is 6.21. The van der Waals surface area contributed by atoms with Gasteiger partial charge in [0.15, 0.2) is 5.58 Å². The molecule has 0 N–H and O–H groups in total. The van der Waals surface area contributed by atoms with E-state index in [-0.39, 0.29) is 0 Å². The molecule has 2 radical (unpaired) electrons. The number of fused-ring (bicyclic) bond motifs is 1. The molecule has 1 heterocycles. The van der Waals surface area contributed by atoms with Crippen LogP contribution in [0.3, 0.4) is 0 Å². The summed E-state index contributed by atoms with van der Waals surface area (Å²) in [5.74, 6) is 0. The van der Waals surface area contributed by atoms with Gasteiger partial charge in [-0.2, -0.15) is 0 Å². The third kappa shape index (κ3) is 1.62. The van der Waals surface area contributed by atoms with Crippen LogP contribution in [0.4, 0.5) is 0 Å². The van der Waals surface area contributed by atoms with Crippen molar-refractivity contribution in [3.05, 3.63) is 47.5 Å². The zero-order valence-electron chi connectivity index (χ0n) is 9.02. The summed E-state index contributed by atoms with van der Waals surface area (Å²) in [6.07, 6.45) is 6.08. The van der Waals surface area contributed by atoms with Crippen LogP contribution in [0.25, 0.3) is 11.1 Å². The van der Waals surface area contributed by atoms with Crippen LogP contribution in [0.1, 0.15) is 12.8 Å². The lowest BCUT2D eigenvalue weighted by atomic mass is 9.85. The lowest BCUT2D eigenvalue weighted by molar-refractivity contribution is 0.281. The molecule has 0 unspecified atom stereocenters. The summed E-state index contributed by atoms with van der Waals surface area (Å²) in [7, 11) is 5.72. The third-order valence-corrected chi connectivity index (χ3v) is 2.96. The predicted molar refractivity (Wildman–Crippen MR) is 65.4 cm³/mol. The van der Waals surface area contributed by atoms with E-state index in [1.165, 1.54) is 11.1 Å². The maximum Gasteiger partial charge on any atom is 0.181 e.